The van der Waals surface area contributed by atoms with Gasteiger partial charge in [-0.3, -0.25) is 0 Å². The van der Waals surface area contributed by atoms with E-state index in [-0.39, 0.29) is 0 Å². The second kappa shape index (κ2) is 8.73. The van der Waals surface area contributed by atoms with Crippen LogP contribution in [0.4, 0.5) is 5.69 Å². The molecule has 6 heteroatoms. The van der Waals surface area contributed by atoms with Crippen molar-refractivity contribution in [1.29, 1.82) is 0 Å². The van der Waals surface area contributed by atoms with Crippen LogP contribution in [0.25, 0.3) is 0 Å². The molecule has 132 valence electrons. The zero-order valence-corrected chi connectivity index (χ0v) is 15.2. The van der Waals surface area contributed by atoms with E-state index in [9.17, 15) is 0 Å². The van der Waals surface area contributed by atoms with Crippen LogP contribution in [0.15, 0.2) is 46.6 Å². The number of hydrogen-bond acceptors (Lipinski definition) is 6. The maximum atomic E-state index is 5.32. The number of benzene rings is 2. The zero-order chi connectivity index (χ0) is 18.2. The zero-order valence-electron chi connectivity index (χ0n) is 15.2. The van der Waals surface area contributed by atoms with Gasteiger partial charge in [0.05, 0.1) is 33.8 Å². The van der Waals surface area contributed by atoms with Crippen LogP contribution in [0.5, 0.6) is 17.2 Å². The van der Waals surface area contributed by atoms with Crippen molar-refractivity contribution >= 4 is 18.1 Å². The molecule has 0 atom stereocenters. The molecule has 2 aromatic carbocycles. The molecule has 0 saturated heterocycles. The standard InChI is InChI=1S/C19H23N3O3/c1-22(2)16-8-6-14(7-9-16)12-20-21-13-15-10-17(23-3)19(25-5)18(11-15)24-4/h6-13H,1-5H3/b20-12-,21-13+. The number of hydrogen-bond donors (Lipinski definition) is 0. The van der Waals surface area contributed by atoms with E-state index in [0.717, 1.165) is 16.8 Å². The van der Waals surface area contributed by atoms with E-state index in [1.54, 1.807) is 33.8 Å². The smallest absolute Gasteiger partial charge is 0.203 e. The Morgan fingerprint density at radius 2 is 1.28 bits per heavy atom. The van der Waals surface area contributed by atoms with Crippen molar-refractivity contribution < 1.29 is 14.2 Å². The van der Waals surface area contributed by atoms with E-state index in [1.807, 2.05) is 55.4 Å². The van der Waals surface area contributed by atoms with Gasteiger partial charge in [0, 0.05) is 25.3 Å². The van der Waals surface area contributed by atoms with Gasteiger partial charge in [0.1, 0.15) is 0 Å². The molecule has 0 aliphatic heterocycles. The molecule has 0 radical (unpaired) electrons. The molecule has 0 aliphatic carbocycles. The molecule has 2 rings (SSSR count). The summed E-state index contributed by atoms with van der Waals surface area (Å²) in [6, 6.07) is 11.7. The lowest BCUT2D eigenvalue weighted by atomic mass is 10.2. The molecule has 0 bridgehead atoms. The van der Waals surface area contributed by atoms with Crippen molar-refractivity contribution in [2.75, 3.05) is 40.3 Å². The summed E-state index contributed by atoms with van der Waals surface area (Å²) in [6.07, 6.45) is 3.34. The summed E-state index contributed by atoms with van der Waals surface area (Å²) in [7, 11) is 8.73. The summed E-state index contributed by atoms with van der Waals surface area (Å²) >= 11 is 0. The molecule has 2 aromatic rings. The van der Waals surface area contributed by atoms with Crippen LogP contribution in [0.3, 0.4) is 0 Å². The molecule has 0 aliphatic rings. The van der Waals surface area contributed by atoms with E-state index < -0.39 is 0 Å². The Kier molecular flexibility index (Phi) is 6.39. The van der Waals surface area contributed by atoms with Gasteiger partial charge < -0.3 is 19.1 Å². The summed E-state index contributed by atoms with van der Waals surface area (Å²) in [6.45, 7) is 0. The van der Waals surface area contributed by atoms with Gasteiger partial charge >= 0.3 is 0 Å². The molecule has 0 saturated carbocycles. The summed E-state index contributed by atoms with van der Waals surface area (Å²) in [4.78, 5) is 2.05. The number of rotatable bonds is 7. The Bertz CT molecular complexity index is 728. The quantitative estimate of drug-likeness (QED) is 0.573. The minimum absolute atomic E-state index is 0.548. The topological polar surface area (TPSA) is 55.7 Å². The van der Waals surface area contributed by atoms with Gasteiger partial charge in [0.25, 0.3) is 0 Å². The maximum absolute atomic E-state index is 5.32. The highest BCUT2D eigenvalue weighted by Crippen LogP contribution is 2.37. The third-order valence-corrected chi connectivity index (χ3v) is 3.58. The maximum Gasteiger partial charge on any atom is 0.203 e. The number of nitrogens with zero attached hydrogens (tertiary/aromatic N) is 3. The van der Waals surface area contributed by atoms with Gasteiger partial charge in [0.2, 0.25) is 5.75 Å². The SMILES string of the molecule is COc1cc(/C=N/N=C\c2ccc(N(C)C)cc2)cc(OC)c1OC. The Morgan fingerprint density at radius 1 is 0.760 bits per heavy atom. The van der Waals surface area contributed by atoms with Gasteiger partial charge in [-0.1, -0.05) is 12.1 Å². The van der Waals surface area contributed by atoms with Crippen molar-refractivity contribution in [2.24, 2.45) is 10.2 Å². The normalized spacial score (nSPS) is 11.1. The average Bonchev–Trinajstić information content (AvgIpc) is 2.64. The molecule has 25 heavy (non-hydrogen) atoms. The van der Waals surface area contributed by atoms with E-state index in [2.05, 4.69) is 10.2 Å². The Labute approximate surface area is 148 Å². The lowest BCUT2D eigenvalue weighted by molar-refractivity contribution is 0.324. The molecule has 0 heterocycles. The summed E-state index contributed by atoms with van der Waals surface area (Å²) < 4.78 is 15.9. The first-order valence-corrected chi connectivity index (χ1v) is 7.72. The number of ether oxygens (including phenoxy) is 3. The minimum atomic E-state index is 0.548. The first kappa shape index (κ1) is 18.3. The molecule has 0 N–H and O–H groups in total. The Balaban J connectivity index is 2.13. The average molecular weight is 341 g/mol. The van der Waals surface area contributed by atoms with Crippen LogP contribution < -0.4 is 19.1 Å². The van der Waals surface area contributed by atoms with E-state index in [0.29, 0.717) is 17.2 Å². The summed E-state index contributed by atoms with van der Waals surface area (Å²) in [5.74, 6) is 1.70. The van der Waals surface area contributed by atoms with Crippen molar-refractivity contribution in [3.63, 3.8) is 0 Å². The molecular weight excluding hydrogens is 318 g/mol. The monoisotopic (exact) mass is 341 g/mol. The third-order valence-electron chi connectivity index (χ3n) is 3.58. The minimum Gasteiger partial charge on any atom is -0.493 e. The van der Waals surface area contributed by atoms with Crippen LogP contribution in [-0.4, -0.2) is 47.9 Å². The largest absolute Gasteiger partial charge is 0.493 e. The van der Waals surface area contributed by atoms with Gasteiger partial charge in [0.15, 0.2) is 11.5 Å². The fraction of sp³-hybridized carbons (Fsp3) is 0.263. The second-order valence-corrected chi connectivity index (χ2v) is 5.43. The highest BCUT2D eigenvalue weighted by molar-refractivity contribution is 5.84. The van der Waals surface area contributed by atoms with Gasteiger partial charge in [-0.05, 0) is 29.8 Å². The molecule has 0 amide bonds. The number of anilines is 1. The van der Waals surface area contributed by atoms with Crippen LogP contribution in [0, 0.1) is 0 Å². The first-order valence-electron chi connectivity index (χ1n) is 7.72. The van der Waals surface area contributed by atoms with Crippen molar-refractivity contribution in [3.8, 4) is 17.2 Å². The number of methoxy groups -OCH3 is 3. The van der Waals surface area contributed by atoms with Crippen LogP contribution in [0.2, 0.25) is 0 Å². The van der Waals surface area contributed by atoms with Crippen LogP contribution in [-0.2, 0) is 0 Å². The molecule has 0 spiro atoms. The summed E-state index contributed by atoms with van der Waals surface area (Å²) in [5.41, 5.74) is 2.92. The second-order valence-electron chi connectivity index (χ2n) is 5.43. The van der Waals surface area contributed by atoms with Gasteiger partial charge in [-0.25, -0.2) is 0 Å². The predicted molar refractivity (Wildman–Crippen MR) is 102 cm³/mol. The molecule has 0 aromatic heterocycles. The van der Waals surface area contributed by atoms with Crippen molar-refractivity contribution in [3.05, 3.63) is 47.5 Å². The molecule has 0 unspecified atom stereocenters. The Hall–Kier alpha value is -3.02. The van der Waals surface area contributed by atoms with Crippen molar-refractivity contribution in [1.82, 2.24) is 0 Å². The molecular formula is C19H23N3O3. The van der Waals surface area contributed by atoms with E-state index >= 15 is 0 Å². The van der Waals surface area contributed by atoms with Crippen LogP contribution in [0.1, 0.15) is 11.1 Å². The lowest BCUT2D eigenvalue weighted by Crippen LogP contribution is -2.08. The van der Waals surface area contributed by atoms with Gasteiger partial charge in [-0.2, -0.15) is 10.2 Å². The molecule has 6 nitrogen and oxygen atoms in total. The lowest BCUT2D eigenvalue weighted by Gasteiger charge is -2.12. The summed E-state index contributed by atoms with van der Waals surface area (Å²) in [5, 5.41) is 8.17. The van der Waals surface area contributed by atoms with E-state index in [4.69, 9.17) is 14.2 Å². The van der Waals surface area contributed by atoms with Crippen molar-refractivity contribution in [2.45, 2.75) is 0 Å². The molecule has 0 fully saturated rings. The predicted octanol–water partition coefficient (Wildman–Crippen LogP) is 3.23. The Morgan fingerprint density at radius 3 is 1.72 bits per heavy atom. The third kappa shape index (κ3) is 4.73. The highest BCUT2D eigenvalue weighted by atomic mass is 16.5. The fourth-order valence-electron chi connectivity index (χ4n) is 2.23. The highest BCUT2D eigenvalue weighted by Gasteiger charge is 2.12. The fourth-order valence-corrected chi connectivity index (χ4v) is 2.23. The van der Waals surface area contributed by atoms with E-state index in [1.165, 1.54) is 0 Å². The van der Waals surface area contributed by atoms with Gasteiger partial charge in [-0.15, -0.1) is 0 Å². The first-order chi connectivity index (χ1) is 12.1. The van der Waals surface area contributed by atoms with Crippen LogP contribution >= 0.6 is 0 Å².